The van der Waals surface area contributed by atoms with E-state index in [-0.39, 0.29) is 5.91 Å². The van der Waals surface area contributed by atoms with E-state index in [4.69, 9.17) is 27.9 Å². The number of fused-ring (bicyclic) bond motifs is 3. The molecule has 1 aliphatic heterocycles. The second-order valence-corrected chi connectivity index (χ2v) is 9.66. The van der Waals surface area contributed by atoms with Gasteiger partial charge in [-0.2, -0.15) is 0 Å². The number of nitrogens with zero attached hydrogens (tertiary/aromatic N) is 1. The predicted molar refractivity (Wildman–Crippen MR) is 133 cm³/mol. The van der Waals surface area contributed by atoms with Crippen LogP contribution in [0, 0.1) is 6.92 Å². The van der Waals surface area contributed by atoms with Crippen LogP contribution in [0.25, 0.3) is 11.0 Å². The Kier molecular flexibility index (Phi) is 5.22. The molecular weight excluding hydrogens is 459 g/mol. The lowest BCUT2D eigenvalue weighted by Crippen LogP contribution is -2.25. The average Bonchev–Trinajstić information content (AvgIpc) is 3.30. The lowest BCUT2D eigenvalue weighted by Gasteiger charge is -2.18. The smallest absolute Gasteiger partial charge is 0.259 e. The zero-order valence-corrected chi connectivity index (χ0v) is 19.9. The van der Waals surface area contributed by atoms with Gasteiger partial charge in [-0.25, -0.2) is 4.98 Å². The van der Waals surface area contributed by atoms with Gasteiger partial charge >= 0.3 is 0 Å². The van der Waals surface area contributed by atoms with Crippen molar-refractivity contribution in [2.45, 2.75) is 32.8 Å². The highest BCUT2D eigenvalue weighted by atomic mass is 35.5. The third kappa shape index (κ3) is 4.24. The normalized spacial score (nSPS) is 14.1. The van der Waals surface area contributed by atoms with Crippen molar-refractivity contribution < 1.29 is 9.53 Å². The number of hydrogen-bond donors (Lipinski definition) is 3. The first-order valence-electron chi connectivity index (χ1n) is 10.5. The number of nitrogens with one attached hydrogen (secondary N) is 3. The van der Waals surface area contributed by atoms with Gasteiger partial charge in [-0.05, 0) is 57.2 Å². The number of aromatic amines is 1. The molecule has 0 aliphatic carbocycles. The van der Waals surface area contributed by atoms with Crippen LogP contribution in [0.3, 0.4) is 0 Å². The van der Waals surface area contributed by atoms with E-state index in [9.17, 15) is 4.79 Å². The molecule has 3 N–H and O–H groups in total. The molecule has 8 heteroatoms. The molecule has 2 heterocycles. The van der Waals surface area contributed by atoms with E-state index < -0.39 is 5.60 Å². The number of benzene rings is 3. The maximum atomic E-state index is 13.2. The molecule has 1 amide bonds. The van der Waals surface area contributed by atoms with Crippen LogP contribution >= 0.6 is 23.2 Å². The van der Waals surface area contributed by atoms with E-state index in [0.29, 0.717) is 44.9 Å². The first-order valence-corrected chi connectivity index (χ1v) is 11.3. The zero-order valence-electron chi connectivity index (χ0n) is 18.3. The first-order chi connectivity index (χ1) is 15.7. The Morgan fingerprint density at radius 1 is 1.12 bits per heavy atom. The van der Waals surface area contributed by atoms with E-state index in [1.165, 1.54) is 0 Å². The summed E-state index contributed by atoms with van der Waals surface area (Å²) in [6, 6.07) is 14.6. The fourth-order valence-electron chi connectivity index (χ4n) is 4.00. The first kappa shape index (κ1) is 21.6. The Morgan fingerprint density at radius 2 is 1.88 bits per heavy atom. The molecule has 0 radical (unpaired) electrons. The summed E-state index contributed by atoms with van der Waals surface area (Å²) in [4.78, 5) is 21.2. The molecule has 0 atom stereocenters. The van der Waals surface area contributed by atoms with Gasteiger partial charge in [0.25, 0.3) is 5.91 Å². The van der Waals surface area contributed by atoms with Gasteiger partial charge in [-0.3, -0.25) is 4.79 Å². The maximum absolute atomic E-state index is 13.2. The van der Waals surface area contributed by atoms with Crippen molar-refractivity contribution in [2.75, 3.05) is 10.6 Å². The molecule has 0 saturated carbocycles. The van der Waals surface area contributed by atoms with E-state index in [0.717, 1.165) is 22.3 Å². The molecule has 0 saturated heterocycles. The Labute approximate surface area is 201 Å². The second kappa shape index (κ2) is 7.97. The topological polar surface area (TPSA) is 79.0 Å². The second-order valence-electron chi connectivity index (χ2n) is 8.82. The number of imidazole rings is 1. The molecule has 0 unspecified atom stereocenters. The largest absolute Gasteiger partial charge is 0.486 e. The zero-order chi connectivity index (χ0) is 23.3. The van der Waals surface area contributed by atoms with Gasteiger partial charge in [0.15, 0.2) is 0 Å². The SMILES string of the molecule is Cc1ccc(NC(=O)c2cc3nc(Nc4ccc(Cl)cc4Cl)[nH]c3c3c2OC(C)(C)C3)cc1. The van der Waals surface area contributed by atoms with Crippen LogP contribution in [-0.2, 0) is 6.42 Å². The number of anilines is 3. The monoisotopic (exact) mass is 480 g/mol. The highest BCUT2D eigenvalue weighted by molar-refractivity contribution is 6.36. The third-order valence-electron chi connectivity index (χ3n) is 5.55. The van der Waals surface area contributed by atoms with Gasteiger partial charge in [0.2, 0.25) is 5.95 Å². The highest BCUT2D eigenvalue weighted by Gasteiger charge is 2.36. The Bertz CT molecular complexity index is 1390. The molecule has 6 nitrogen and oxygen atoms in total. The van der Waals surface area contributed by atoms with Crippen LogP contribution < -0.4 is 15.4 Å². The average molecular weight is 481 g/mol. The van der Waals surface area contributed by atoms with Crippen molar-refractivity contribution in [1.82, 2.24) is 9.97 Å². The number of H-pyrrole nitrogens is 1. The summed E-state index contributed by atoms with van der Waals surface area (Å²) in [5.41, 5.74) is 4.95. The number of amides is 1. The lowest BCUT2D eigenvalue weighted by atomic mass is 9.98. The molecule has 0 fully saturated rings. The van der Waals surface area contributed by atoms with Crippen LogP contribution in [0.1, 0.15) is 35.3 Å². The summed E-state index contributed by atoms with van der Waals surface area (Å²) in [5.74, 6) is 0.849. The van der Waals surface area contributed by atoms with Gasteiger partial charge in [-0.1, -0.05) is 40.9 Å². The van der Waals surface area contributed by atoms with Gasteiger partial charge in [0.1, 0.15) is 11.4 Å². The summed E-state index contributed by atoms with van der Waals surface area (Å²) < 4.78 is 6.21. The number of ether oxygens (including phenoxy) is 1. The number of rotatable bonds is 4. The lowest BCUT2D eigenvalue weighted by molar-refractivity contribution is 0.101. The number of carbonyl (C=O) groups is 1. The molecule has 3 aromatic carbocycles. The molecule has 1 aliphatic rings. The van der Waals surface area contributed by atoms with Crippen molar-refractivity contribution >= 4 is 57.5 Å². The summed E-state index contributed by atoms with van der Waals surface area (Å²) in [6.07, 6.45) is 0.647. The van der Waals surface area contributed by atoms with Crippen molar-refractivity contribution in [3.63, 3.8) is 0 Å². The van der Waals surface area contributed by atoms with Crippen LogP contribution in [0.5, 0.6) is 5.75 Å². The number of halogens is 2. The van der Waals surface area contributed by atoms with Crippen molar-refractivity contribution in [3.05, 3.63) is 75.3 Å². The summed E-state index contributed by atoms with van der Waals surface area (Å²) >= 11 is 12.3. The van der Waals surface area contributed by atoms with E-state index in [1.54, 1.807) is 24.3 Å². The van der Waals surface area contributed by atoms with Gasteiger partial charge in [0, 0.05) is 22.7 Å². The molecular formula is C25H22Cl2N4O2. The van der Waals surface area contributed by atoms with Crippen LogP contribution in [0.4, 0.5) is 17.3 Å². The minimum absolute atomic E-state index is 0.243. The molecule has 4 aromatic rings. The molecule has 0 bridgehead atoms. The van der Waals surface area contributed by atoms with E-state index in [2.05, 4.69) is 20.6 Å². The van der Waals surface area contributed by atoms with Crippen molar-refractivity contribution in [1.29, 1.82) is 0 Å². The minimum Gasteiger partial charge on any atom is -0.486 e. The van der Waals surface area contributed by atoms with Crippen molar-refractivity contribution in [2.24, 2.45) is 0 Å². The number of aryl methyl sites for hydroxylation is 1. The van der Waals surface area contributed by atoms with Crippen molar-refractivity contribution in [3.8, 4) is 5.75 Å². The van der Waals surface area contributed by atoms with Gasteiger partial charge in [0.05, 0.1) is 27.3 Å². The molecule has 168 valence electrons. The Balaban J connectivity index is 1.54. The number of carbonyl (C=O) groups excluding carboxylic acids is 1. The summed E-state index contributed by atoms with van der Waals surface area (Å²) in [6.45, 7) is 6.01. The Morgan fingerprint density at radius 3 is 2.61 bits per heavy atom. The number of hydrogen-bond acceptors (Lipinski definition) is 4. The summed E-state index contributed by atoms with van der Waals surface area (Å²) in [5, 5.41) is 7.19. The Hall–Kier alpha value is -3.22. The van der Waals surface area contributed by atoms with E-state index >= 15 is 0 Å². The quantitative estimate of drug-likeness (QED) is 0.297. The minimum atomic E-state index is -0.437. The predicted octanol–water partition coefficient (Wildman–Crippen LogP) is 6.89. The van der Waals surface area contributed by atoms with Gasteiger partial charge < -0.3 is 20.4 Å². The van der Waals surface area contributed by atoms with Gasteiger partial charge in [-0.15, -0.1) is 0 Å². The fraction of sp³-hybridized carbons (Fsp3) is 0.200. The molecule has 0 spiro atoms. The standard InChI is InChI=1S/C25H22Cl2N4O2/c1-13-4-7-15(8-5-13)28-23(32)16-11-20-21(17-12-25(2,3)33-22(16)17)31-24(30-20)29-19-9-6-14(26)10-18(19)27/h4-11H,12H2,1-3H3,(H,28,32)(H2,29,30,31). The highest BCUT2D eigenvalue weighted by Crippen LogP contribution is 2.42. The van der Waals surface area contributed by atoms with Crippen LogP contribution in [-0.4, -0.2) is 21.5 Å². The van der Waals surface area contributed by atoms with E-state index in [1.807, 2.05) is 45.0 Å². The maximum Gasteiger partial charge on any atom is 0.259 e. The van der Waals surface area contributed by atoms with Crippen LogP contribution in [0.15, 0.2) is 48.5 Å². The molecule has 1 aromatic heterocycles. The third-order valence-corrected chi connectivity index (χ3v) is 6.10. The fourth-order valence-corrected chi connectivity index (χ4v) is 4.46. The molecule has 5 rings (SSSR count). The summed E-state index contributed by atoms with van der Waals surface area (Å²) in [7, 11) is 0. The van der Waals surface area contributed by atoms with Crippen LogP contribution in [0.2, 0.25) is 10.0 Å². The number of aromatic nitrogens is 2. The molecule has 33 heavy (non-hydrogen) atoms.